The molecule has 1 unspecified atom stereocenters. The number of likely N-dealkylation sites (N-methyl/N-ethyl adjacent to an activating group) is 1. The molecule has 7 nitrogen and oxygen atoms in total. The van der Waals surface area contributed by atoms with Gasteiger partial charge in [-0.25, -0.2) is 0 Å². The Morgan fingerprint density at radius 2 is 1.71 bits per heavy atom. The summed E-state index contributed by atoms with van der Waals surface area (Å²) in [5.74, 6) is -0.134. The van der Waals surface area contributed by atoms with Crippen LogP contribution in [0.1, 0.15) is 64.2 Å². The van der Waals surface area contributed by atoms with Gasteiger partial charge in [0.25, 0.3) is 5.91 Å². The van der Waals surface area contributed by atoms with Crippen LogP contribution >= 0.6 is 23.2 Å². The zero-order valence-electron chi connectivity index (χ0n) is 22.6. The van der Waals surface area contributed by atoms with E-state index in [-0.39, 0.29) is 18.4 Å². The van der Waals surface area contributed by atoms with Crippen molar-refractivity contribution < 1.29 is 9.59 Å². The van der Waals surface area contributed by atoms with Crippen molar-refractivity contribution in [2.75, 3.05) is 38.1 Å². The summed E-state index contributed by atoms with van der Waals surface area (Å²) in [7, 11) is 2.15. The lowest BCUT2D eigenvalue weighted by Crippen LogP contribution is -2.40. The van der Waals surface area contributed by atoms with E-state index in [0.29, 0.717) is 15.7 Å². The Hall–Kier alpha value is -2.71. The van der Waals surface area contributed by atoms with Crippen LogP contribution in [0.25, 0.3) is 0 Å². The Labute approximate surface area is 234 Å². The van der Waals surface area contributed by atoms with E-state index in [1.165, 1.54) is 13.1 Å². The van der Waals surface area contributed by atoms with Gasteiger partial charge in [-0.15, -0.1) is 0 Å². The van der Waals surface area contributed by atoms with Crippen molar-refractivity contribution in [1.29, 1.82) is 0 Å². The van der Waals surface area contributed by atoms with Crippen molar-refractivity contribution in [2.45, 2.75) is 46.2 Å². The van der Waals surface area contributed by atoms with Crippen molar-refractivity contribution in [3.8, 4) is 0 Å². The number of piperazine rings is 1. The van der Waals surface area contributed by atoms with Crippen LogP contribution in [0.5, 0.6) is 0 Å². The zero-order valence-corrected chi connectivity index (χ0v) is 24.1. The molecule has 9 heteroatoms. The quantitative estimate of drug-likeness (QED) is 0.427. The van der Waals surface area contributed by atoms with Gasteiger partial charge in [-0.3, -0.25) is 14.4 Å². The van der Waals surface area contributed by atoms with Crippen LogP contribution in [0.4, 0.5) is 5.69 Å². The van der Waals surface area contributed by atoms with Crippen LogP contribution in [0, 0.1) is 13.8 Å². The Bertz CT molecular complexity index is 1330. The summed E-state index contributed by atoms with van der Waals surface area (Å²) >= 11 is 12.5. The molecular weight excluding hydrogens is 521 g/mol. The molecule has 3 aromatic rings. The lowest BCUT2D eigenvalue weighted by molar-refractivity contribution is -0.108. The highest BCUT2D eigenvalue weighted by Crippen LogP contribution is 2.46. The fourth-order valence-corrected chi connectivity index (χ4v) is 5.60. The number of benzene rings is 2. The van der Waals surface area contributed by atoms with Gasteiger partial charge in [0.15, 0.2) is 5.69 Å². The predicted octanol–water partition coefficient (Wildman–Crippen LogP) is 5.40. The standard InChI is InChI=1S/C24H23Cl2N3O2.C5H12N2/c1-13(2)22-20-21(27-28(22)9-10-30)24(31)29(19-12-17(26)6-5-14(19)3)23(20)18-8-7-16(25)11-15(18)4;1-7-4-2-6-3-5-7/h5-8,10-13,23H,9H2,1-4H3;6H,2-5H2,1H3. The summed E-state index contributed by atoms with van der Waals surface area (Å²) < 4.78 is 1.65. The molecule has 0 bridgehead atoms. The number of carbonyl (C=O) groups excluding carboxylic acids is 2. The van der Waals surface area contributed by atoms with Gasteiger partial charge in [0.2, 0.25) is 0 Å². The monoisotopic (exact) mass is 555 g/mol. The molecule has 1 amide bonds. The number of amides is 1. The fraction of sp³-hybridized carbons (Fsp3) is 0.414. The van der Waals surface area contributed by atoms with Crippen LogP contribution in [0.2, 0.25) is 10.0 Å². The molecule has 0 spiro atoms. The minimum Gasteiger partial charge on any atom is -0.314 e. The first kappa shape index (κ1) is 28.3. The van der Waals surface area contributed by atoms with Crippen LogP contribution in [0.15, 0.2) is 36.4 Å². The molecule has 2 aliphatic heterocycles. The highest BCUT2D eigenvalue weighted by atomic mass is 35.5. The molecule has 38 heavy (non-hydrogen) atoms. The number of rotatable bonds is 5. The van der Waals surface area contributed by atoms with E-state index in [0.717, 1.165) is 53.0 Å². The summed E-state index contributed by atoms with van der Waals surface area (Å²) in [6.45, 7) is 12.9. The molecule has 2 aromatic carbocycles. The maximum Gasteiger partial charge on any atom is 0.280 e. The van der Waals surface area contributed by atoms with Gasteiger partial charge in [-0.1, -0.05) is 49.2 Å². The third-order valence-electron chi connectivity index (χ3n) is 7.07. The molecule has 0 saturated carbocycles. The van der Waals surface area contributed by atoms with E-state index in [2.05, 4.69) is 22.4 Å². The molecule has 0 radical (unpaired) electrons. The van der Waals surface area contributed by atoms with Gasteiger partial charge in [0.05, 0.1) is 12.6 Å². The first-order valence-corrected chi connectivity index (χ1v) is 13.7. The number of aldehydes is 1. The van der Waals surface area contributed by atoms with Crippen LogP contribution in [-0.2, 0) is 11.3 Å². The van der Waals surface area contributed by atoms with Gasteiger partial charge < -0.3 is 15.0 Å². The Morgan fingerprint density at radius 3 is 2.29 bits per heavy atom. The minimum absolute atomic E-state index is 0.0690. The second-order valence-corrected chi connectivity index (χ2v) is 11.1. The maximum atomic E-state index is 13.7. The van der Waals surface area contributed by atoms with Crippen molar-refractivity contribution in [2.24, 2.45) is 0 Å². The average Bonchev–Trinajstić information content (AvgIpc) is 3.36. The molecule has 1 N–H and O–H groups in total. The third-order valence-corrected chi connectivity index (χ3v) is 7.55. The van der Waals surface area contributed by atoms with Crippen LogP contribution in [-0.4, -0.2) is 60.1 Å². The first-order valence-electron chi connectivity index (χ1n) is 12.9. The highest BCUT2D eigenvalue weighted by molar-refractivity contribution is 6.31. The first-order chi connectivity index (χ1) is 18.1. The van der Waals surface area contributed by atoms with E-state index >= 15 is 0 Å². The second-order valence-electron chi connectivity index (χ2n) is 10.2. The van der Waals surface area contributed by atoms with E-state index < -0.39 is 6.04 Å². The van der Waals surface area contributed by atoms with Gasteiger partial charge in [0.1, 0.15) is 6.29 Å². The topological polar surface area (TPSA) is 70.5 Å². The number of hydrogen-bond acceptors (Lipinski definition) is 5. The Morgan fingerprint density at radius 1 is 1.05 bits per heavy atom. The van der Waals surface area contributed by atoms with Gasteiger partial charge >= 0.3 is 0 Å². The number of halogens is 2. The van der Waals surface area contributed by atoms with Gasteiger partial charge in [-0.2, -0.15) is 5.10 Å². The maximum absolute atomic E-state index is 13.7. The molecule has 1 fully saturated rings. The zero-order chi connectivity index (χ0) is 27.6. The van der Waals surface area contributed by atoms with Gasteiger partial charge in [0, 0.05) is 53.2 Å². The number of hydrogen-bond donors (Lipinski definition) is 1. The van der Waals surface area contributed by atoms with E-state index in [1.54, 1.807) is 9.58 Å². The molecule has 5 rings (SSSR count). The smallest absolute Gasteiger partial charge is 0.280 e. The molecule has 0 aliphatic carbocycles. The molecular formula is C29H35Cl2N5O2. The Balaban J connectivity index is 0.000000417. The second kappa shape index (κ2) is 12.0. The average molecular weight is 557 g/mol. The van der Waals surface area contributed by atoms with E-state index in [4.69, 9.17) is 23.2 Å². The number of anilines is 1. The summed E-state index contributed by atoms with van der Waals surface area (Å²) in [5.41, 5.74) is 5.72. The fourth-order valence-electron chi connectivity index (χ4n) is 5.20. The third kappa shape index (κ3) is 5.66. The summed E-state index contributed by atoms with van der Waals surface area (Å²) in [6.07, 6.45) is 0.806. The van der Waals surface area contributed by atoms with Crippen molar-refractivity contribution in [1.82, 2.24) is 20.0 Å². The van der Waals surface area contributed by atoms with Crippen LogP contribution < -0.4 is 10.2 Å². The summed E-state index contributed by atoms with van der Waals surface area (Å²) in [5, 5.41) is 9.03. The van der Waals surface area contributed by atoms with Gasteiger partial charge in [-0.05, 0) is 67.8 Å². The highest BCUT2D eigenvalue weighted by Gasteiger charge is 2.45. The number of carbonyl (C=O) groups is 2. The molecule has 1 atom stereocenters. The Kier molecular flexibility index (Phi) is 8.93. The number of nitrogens with zero attached hydrogens (tertiary/aromatic N) is 4. The van der Waals surface area contributed by atoms with Crippen molar-refractivity contribution in [3.63, 3.8) is 0 Å². The summed E-state index contributed by atoms with van der Waals surface area (Å²) in [4.78, 5) is 29.1. The molecule has 2 aliphatic rings. The van der Waals surface area contributed by atoms with Crippen molar-refractivity contribution >= 4 is 41.1 Å². The predicted molar refractivity (Wildman–Crippen MR) is 154 cm³/mol. The van der Waals surface area contributed by atoms with Crippen LogP contribution in [0.3, 0.4) is 0 Å². The van der Waals surface area contributed by atoms with E-state index in [1.807, 2.05) is 64.1 Å². The number of aromatic nitrogens is 2. The largest absolute Gasteiger partial charge is 0.314 e. The van der Waals surface area contributed by atoms with E-state index in [9.17, 15) is 9.59 Å². The number of nitrogens with one attached hydrogen (secondary N) is 1. The molecule has 3 heterocycles. The summed E-state index contributed by atoms with van der Waals surface area (Å²) in [6, 6.07) is 10.8. The number of fused-ring (bicyclic) bond motifs is 1. The number of aryl methyl sites for hydroxylation is 2. The molecule has 1 aromatic heterocycles. The minimum atomic E-state index is -0.394. The van der Waals surface area contributed by atoms with Crippen molar-refractivity contribution in [3.05, 3.63) is 80.1 Å². The SMILES string of the molecule is CN1CCNCC1.Cc1cc(Cl)ccc1C1c2c(nn(CC=O)c2C(C)C)C(=O)N1c1cc(Cl)ccc1C. The lowest BCUT2D eigenvalue weighted by atomic mass is 9.91. The molecule has 202 valence electrons. The molecule has 1 saturated heterocycles. The lowest BCUT2D eigenvalue weighted by Gasteiger charge is -2.30. The normalized spacial score (nSPS) is 17.4.